The van der Waals surface area contributed by atoms with Gasteiger partial charge in [-0.1, -0.05) is 30.3 Å². The number of nitrogens with one attached hydrogen (secondary N) is 1. The summed E-state index contributed by atoms with van der Waals surface area (Å²) >= 11 is 0. The van der Waals surface area contributed by atoms with Gasteiger partial charge in [-0.2, -0.15) is 5.10 Å². The summed E-state index contributed by atoms with van der Waals surface area (Å²) < 4.78 is 17.5. The molecule has 2 aromatic heterocycles. The van der Waals surface area contributed by atoms with Crippen LogP contribution < -0.4 is 10.7 Å². The van der Waals surface area contributed by atoms with Crippen molar-refractivity contribution in [1.82, 2.24) is 19.7 Å². The van der Waals surface area contributed by atoms with Crippen LogP contribution in [0.15, 0.2) is 71.7 Å². The average molecular weight is 404 g/mol. The number of amides is 1. The third-order valence-electron chi connectivity index (χ3n) is 4.94. The monoisotopic (exact) mass is 404 g/mol. The summed E-state index contributed by atoms with van der Waals surface area (Å²) in [4.78, 5) is 24.8. The maximum absolute atomic E-state index is 14.1. The SMILES string of the molecule is Cc1cc(=O)c(C(=O)NCCCn2ccc3ccccc32)nn1-c1ccccc1F. The van der Waals surface area contributed by atoms with E-state index in [1.54, 1.807) is 25.1 Å². The van der Waals surface area contributed by atoms with Gasteiger partial charge in [-0.25, -0.2) is 9.07 Å². The van der Waals surface area contributed by atoms with Crippen molar-refractivity contribution >= 4 is 16.8 Å². The molecule has 1 N–H and O–H groups in total. The molecule has 2 heterocycles. The summed E-state index contributed by atoms with van der Waals surface area (Å²) in [6, 6.07) is 17.5. The van der Waals surface area contributed by atoms with E-state index in [2.05, 4.69) is 33.2 Å². The highest BCUT2D eigenvalue weighted by molar-refractivity contribution is 5.92. The van der Waals surface area contributed by atoms with Gasteiger partial charge in [-0.05, 0) is 43.0 Å². The van der Waals surface area contributed by atoms with Crippen LogP contribution in [-0.2, 0) is 6.54 Å². The molecule has 0 radical (unpaired) electrons. The van der Waals surface area contributed by atoms with Crippen molar-refractivity contribution in [2.45, 2.75) is 19.9 Å². The quantitative estimate of drug-likeness (QED) is 0.501. The topological polar surface area (TPSA) is 68.9 Å². The van der Waals surface area contributed by atoms with Crippen LogP contribution in [0.2, 0.25) is 0 Å². The van der Waals surface area contributed by atoms with Gasteiger partial charge < -0.3 is 9.88 Å². The maximum atomic E-state index is 14.1. The van der Waals surface area contributed by atoms with Gasteiger partial charge in [0.1, 0.15) is 11.5 Å². The number of aromatic nitrogens is 3. The second-order valence-electron chi connectivity index (χ2n) is 7.04. The molecule has 4 rings (SSSR count). The predicted octanol–water partition coefficient (Wildman–Crippen LogP) is 3.45. The molecule has 0 aliphatic rings. The summed E-state index contributed by atoms with van der Waals surface area (Å²) in [7, 11) is 0. The lowest BCUT2D eigenvalue weighted by molar-refractivity contribution is 0.0944. The van der Waals surface area contributed by atoms with Gasteiger partial charge in [0.25, 0.3) is 5.91 Å². The number of hydrogen-bond acceptors (Lipinski definition) is 3. The van der Waals surface area contributed by atoms with Gasteiger partial charge in [0, 0.05) is 36.6 Å². The van der Waals surface area contributed by atoms with Gasteiger partial charge in [0.05, 0.1) is 0 Å². The van der Waals surface area contributed by atoms with Crippen molar-refractivity contribution < 1.29 is 9.18 Å². The third kappa shape index (κ3) is 3.87. The highest BCUT2D eigenvalue weighted by atomic mass is 19.1. The molecule has 0 saturated carbocycles. The lowest BCUT2D eigenvalue weighted by Crippen LogP contribution is -2.33. The van der Waals surface area contributed by atoms with E-state index in [-0.39, 0.29) is 11.4 Å². The van der Waals surface area contributed by atoms with Crippen molar-refractivity contribution in [3.05, 3.63) is 94.3 Å². The van der Waals surface area contributed by atoms with E-state index >= 15 is 0 Å². The van der Waals surface area contributed by atoms with E-state index in [9.17, 15) is 14.0 Å². The number of benzene rings is 2. The van der Waals surface area contributed by atoms with Gasteiger partial charge >= 0.3 is 0 Å². The summed E-state index contributed by atoms with van der Waals surface area (Å²) in [6.45, 7) is 2.76. The minimum absolute atomic E-state index is 0.184. The van der Waals surface area contributed by atoms with Crippen LogP contribution in [0.25, 0.3) is 16.6 Å². The summed E-state index contributed by atoms with van der Waals surface area (Å²) in [5.41, 5.74) is 1.02. The Bertz CT molecular complexity index is 1280. The second-order valence-corrected chi connectivity index (χ2v) is 7.04. The molecular weight excluding hydrogens is 383 g/mol. The van der Waals surface area contributed by atoms with Gasteiger partial charge in [-0.15, -0.1) is 0 Å². The molecule has 0 atom stereocenters. The van der Waals surface area contributed by atoms with Gasteiger partial charge in [0.15, 0.2) is 5.69 Å². The molecule has 0 saturated heterocycles. The van der Waals surface area contributed by atoms with Crippen LogP contribution in [0.3, 0.4) is 0 Å². The van der Waals surface area contributed by atoms with Crippen molar-refractivity contribution in [3.8, 4) is 5.69 Å². The molecule has 152 valence electrons. The summed E-state index contributed by atoms with van der Waals surface area (Å²) in [5, 5.41) is 8.03. The number of nitrogens with zero attached hydrogens (tertiary/aromatic N) is 3. The summed E-state index contributed by atoms with van der Waals surface area (Å²) in [6.07, 6.45) is 2.71. The Morgan fingerprint density at radius 2 is 1.87 bits per heavy atom. The molecular formula is C23H21FN4O2. The molecule has 0 spiro atoms. The Hall–Kier alpha value is -3.74. The predicted molar refractivity (Wildman–Crippen MR) is 113 cm³/mol. The first-order valence-corrected chi connectivity index (χ1v) is 9.72. The Balaban J connectivity index is 1.45. The highest BCUT2D eigenvalue weighted by Crippen LogP contribution is 2.15. The van der Waals surface area contributed by atoms with Crippen molar-refractivity contribution in [3.63, 3.8) is 0 Å². The van der Waals surface area contributed by atoms with Crippen molar-refractivity contribution in [2.24, 2.45) is 0 Å². The zero-order chi connectivity index (χ0) is 21.1. The molecule has 0 aliphatic carbocycles. The van der Waals surface area contributed by atoms with E-state index in [0.717, 1.165) is 12.1 Å². The molecule has 0 fully saturated rings. The van der Waals surface area contributed by atoms with Crippen LogP contribution in [0.1, 0.15) is 22.6 Å². The number of para-hydroxylation sites is 2. The minimum Gasteiger partial charge on any atom is -0.350 e. The molecule has 0 bridgehead atoms. The number of rotatable bonds is 6. The number of aryl methyl sites for hydroxylation is 2. The van der Waals surface area contributed by atoms with Crippen LogP contribution in [-0.4, -0.2) is 26.8 Å². The fourth-order valence-electron chi connectivity index (χ4n) is 3.44. The maximum Gasteiger partial charge on any atom is 0.275 e. The molecule has 7 heteroatoms. The highest BCUT2D eigenvalue weighted by Gasteiger charge is 2.16. The Morgan fingerprint density at radius 3 is 2.70 bits per heavy atom. The molecule has 1 amide bonds. The third-order valence-corrected chi connectivity index (χ3v) is 4.94. The largest absolute Gasteiger partial charge is 0.350 e. The molecule has 0 aliphatic heterocycles. The smallest absolute Gasteiger partial charge is 0.275 e. The zero-order valence-corrected chi connectivity index (χ0v) is 16.5. The fraction of sp³-hybridized carbons (Fsp3) is 0.174. The molecule has 4 aromatic rings. The first-order chi connectivity index (χ1) is 14.5. The van der Waals surface area contributed by atoms with Crippen LogP contribution >= 0.6 is 0 Å². The van der Waals surface area contributed by atoms with E-state index in [1.165, 1.54) is 22.2 Å². The number of carbonyl (C=O) groups excluding carboxylic acids is 1. The second kappa shape index (κ2) is 8.32. The normalized spacial score (nSPS) is 11.0. The number of hydrogen-bond donors (Lipinski definition) is 1. The van der Waals surface area contributed by atoms with Gasteiger partial charge in [-0.3, -0.25) is 9.59 Å². The number of fused-ring (bicyclic) bond motifs is 1. The van der Waals surface area contributed by atoms with Crippen LogP contribution in [0.4, 0.5) is 4.39 Å². The Kier molecular flexibility index (Phi) is 5.43. The average Bonchev–Trinajstić information content (AvgIpc) is 3.15. The number of halogens is 1. The summed E-state index contributed by atoms with van der Waals surface area (Å²) in [5.74, 6) is -1.05. The lowest BCUT2D eigenvalue weighted by atomic mass is 10.2. The zero-order valence-electron chi connectivity index (χ0n) is 16.5. The minimum atomic E-state index is -0.567. The lowest BCUT2D eigenvalue weighted by Gasteiger charge is -2.12. The van der Waals surface area contributed by atoms with Crippen molar-refractivity contribution in [1.29, 1.82) is 0 Å². The number of carbonyl (C=O) groups is 1. The van der Waals surface area contributed by atoms with E-state index < -0.39 is 17.2 Å². The first kappa shape index (κ1) is 19.6. The van der Waals surface area contributed by atoms with Crippen molar-refractivity contribution in [2.75, 3.05) is 6.54 Å². The Morgan fingerprint density at radius 1 is 1.10 bits per heavy atom. The molecule has 2 aromatic carbocycles. The fourth-order valence-corrected chi connectivity index (χ4v) is 3.44. The molecule has 30 heavy (non-hydrogen) atoms. The van der Waals surface area contributed by atoms with Crippen LogP contribution in [0.5, 0.6) is 0 Å². The van der Waals surface area contributed by atoms with E-state index in [0.29, 0.717) is 18.7 Å². The molecule has 0 unspecified atom stereocenters. The molecule has 6 nitrogen and oxygen atoms in total. The first-order valence-electron chi connectivity index (χ1n) is 9.72. The standard InChI is InChI=1S/C23H21FN4O2/c1-16-15-21(29)22(26-28(16)20-10-5-3-8-18(20)24)23(30)25-12-6-13-27-14-11-17-7-2-4-9-19(17)27/h2-5,7-11,14-15H,6,12-13H2,1H3,(H,25,30). The van der Waals surface area contributed by atoms with Crippen LogP contribution in [0, 0.1) is 12.7 Å². The Labute approximate surface area is 172 Å². The van der Waals surface area contributed by atoms with E-state index in [4.69, 9.17) is 0 Å². The van der Waals surface area contributed by atoms with Gasteiger partial charge in [0.2, 0.25) is 5.43 Å². The van der Waals surface area contributed by atoms with E-state index in [1.807, 2.05) is 18.3 Å².